The van der Waals surface area contributed by atoms with Gasteiger partial charge in [-0.05, 0) is 86.4 Å². The van der Waals surface area contributed by atoms with Crippen molar-refractivity contribution >= 4 is 34.8 Å². The number of nitrogens with one attached hydrogen (secondary N) is 1. The molecule has 3 aromatic rings. The van der Waals surface area contributed by atoms with Crippen LogP contribution in [0.15, 0.2) is 30.9 Å². The summed E-state index contributed by atoms with van der Waals surface area (Å²) in [5.41, 5.74) is 3.65. The number of likely N-dealkylation sites (N-methyl/N-ethyl adjacent to an activating group) is 1. The second kappa shape index (κ2) is 12.9. The fourth-order valence-electron chi connectivity index (χ4n) is 9.45. The van der Waals surface area contributed by atoms with E-state index in [2.05, 4.69) is 11.5 Å². The predicted octanol–water partition coefficient (Wildman–Crippen LogP) is 7.26. The number of alkyl halides is 5. The van der Waals surface area contributed by atoms with Gasteiger partial charge < -0.3 is 24.8 Å². The molecule has 9 nitrogen and oxygen atoms in total. The van der Waals surface area contributed by atoms with Gasteiger partial charge in [0.2, 0.25) is 11.9 Å². The van der Waals surface area contributed by atoms with E-state index >= 15 is 0 Å². The number of ether oxygens (including phenoxy) is 1. The second-order valence-corrected chi connectivity index (χ2v) is 16.2. The number of aromatic nitrogens is 2. The minimum atomic E-state index is -4.64. The number of carbonyl (C=O) groups is 1. The first-order valence-corrected chi connectivity index (χ1v) is 18.8. The Bertz CT molecular complexity index is 2030. The SMILES string of the molecule is C=CC(=O)N1CC2(CCN(c3nc(N4CC5(C4)CC(F)(F)CN5CC)nc4c(OCC(F)(F)F)c(-c5c(C)ccc(C)c5C=N)c(C5CC5)cc34)CC2)C1. The molecule has 1 saturated carbocycles. The molecule has 5 fully saturated rings. The molecule has 5 heterocycles. The third-order valence-corrected chi connectivity index (χ3v) is 12.4. The molecule has 0 unspecified atom stereocenters. The standard InChI is InChI=1S/C40H46F5N7O2/c1-5-30(53)50-18-37(19-50)11-13-49(14-12-37)35-28-15-27(26-9-10-26)32(31-25(4)8-7-24(3)29(31)16-46)34(54-23-40(43,44)45)33(28)47-36(48-35)51-20-38(21-51)17-39(41,42)22-52(38)6-2/h5,7-8,15-16,26,46H,1,6,9-14,17-23H2,2-4H3. The van der Waals surface area contributed by atoms with Gasteiger partial charge in [-0.3, -0.25) is 9.69 Å². The van der Waals surface area contributed by atoms with Crippen LogP contribution in [-0.2, 0) is 4.79 Å². The molecule has 14 heteroatoms. The molecule has 1 aliphatic carbocycles. The Morgan fingerprint density at radius 1 is 1.02 bits per heavy atom. The summed E-state index contributed by atoms with van der Waals surface area (Å²) in [6, 6.07) is 5.83. The fourth-order valence-corrected chi connectivity index (χ4v) is 9.45. The Labute approximate surface area is 311 Å². The lowest BCUT2D eigenvalue weighted by molar-refractivity contribution is -0.153. The number of fused-ring (bicyclic) bond motifs is 1. The van der Waals surface area contributed by atoms with Crippen molar-refractivity contribution in [3.05, 3.63) is 53.1 Å². The summed E-state index contributed by atoms with van der Waals surface area (Å²) in [5, 5.41) is 8.94. The van der Waals surface area contributed by atoms with E-state index in [9.17, 15) is 26.7 Å². The van der Waals surface area contributed by atoms with Crippen LogP contribution in [0, 0.1) is 24.7 Å². The zero-order chi connectivity index (χ0) is 38.4. The number of rotatable bonds is 9. The molecule has 1 amide bonds. The number of likely N-dealkylation sites (tertiary alicyclic amines) is 2. The van der Waals surface area contributed by atoms with E-state index in [1.807, 2.05) is 48.8 Å². The number of hydrogen-bond donors (Lipinski definition) is 1. The van der Waals surface area contributed by atoms with Gasteiger partial charge in [-0.25, -0.2) is 13.8 Å². The van der Waals surface area contributed by atoms with E-state index in [1.54, 1.807) is 4.90 Å². The van der Waals surface area contributed by atoms with Crippen LogP contribution < -0.4 is 14.5 Å². The topological polar surface area (TPSA) is 88.9 Å². The minimum absolute atomic E-state index is 0.00250. The third kappa shape index (κ3) is 6.27. The Morgan fingerprint density at radius 3 is 2.31 bits per heavy atom. The number of benzene rings is 2. The normalized spacial score (nSPS) is 21.7. The number of piperidine rings is 1. The maximum absolute atomic E-state index is 14.7. The maximum Gasteiger partial charge on any atom is 0.422 e. The van der Waals surface area contributed by atoms with Crippen LogP contribution in [-0.4, -0.2) is 108 Å². The molecule has 8 rings (SSSR count). The molecule has 0 atom stereocenters. The molecule has 4 aliphatic heterocycles. The Kier molecular flexibility index (Phi) is 8.74. The summed E-state index contributed by atoms with van der Waals surface area (Å²) in [6.07, 6.45) is 0.946. The van der Waals surface area contributed by atoms with Gasteiger partial charge in [-0.2, -0.15) is 18.2 Å². The van der Waals surface area contributed by atoms with Crippen molar-refractivity contribution in [3.63, 3.8) is 0 Å². The smallest absolute Gasteiger partial charge is 0.422 e. The van der Waals surface area contributed by atoms with Gasteiger partial charge in [0.15, 0.2) is 12.4 Å². The minimum Gasteiger partial charge on any atom is -0.481 e. The van der Waals surface area contributed by atoms with Crippen molar-refractivity contribution in [1.82, 2.24) is 19.8 Å². The first-order valence-electron chi connectivity index (χ1n) is 18.8. The fraction of sp³-hybridized carbons (Fsp3) is 0.550. The van der Waals surface area contributed by atoms with Crippen molar-refractivity contribution in [2.24, 2.45) is 5.41 Å². The molecule has 4 saturated heterocycles. The van der Waals surface area contributed by atoms with Gasteiger partial charge in [0.05, 0.1) is 12.1 Å². The highest BCUT2D eigenvalue weighted by molar-refractivity contribution is 6.04. The first kappa shape index (κ1) is 36.6. The molecule has 0 radical (unpaired) electrons. The second-order valence-electron chi connectivity index (χ2n) is 16.2. The number of nitrogens with zero attached hydrogens (tertiary/aromatic N) is 6. The summed E-state index contributed by atoms with van der Waals surface area (Å²) in [5.74, 6) is -2.00. The number of anilines is 2. The lowest BCUT2D eigenvalue weighted by Gasteiger charge is -2.54. The summed E-state index contributed by atoms with van der Waals surface area (Å²) in [7, 11) is 0. The summed E-state index contributed by atoms with van der Waals surface area (Å²) in [4.78, 5) is 29.9. The van der Waals surface area contributed by atoms with E-state index in [0.717, 1.165) is 42.4 Å². The van der Waals surface area contributed by atoms with Crippen LogP contribution in [0.3, 0.4) is 0 Å². The van der Waals surface area contributed by atoms with Crippen molar-refractivity contribution in [3.8, 4) is 16.9 Å². The predicted molar refractivity (Wildman–Crippen MR) is 198 cm³/mol. The summed E-state index contributed by atoms with van der Waals surface area (Å²) >= 11 is 0. The van der Waals surface area contributed by atoms with Crippen molar-refractivity contribution in [1.29, 1.82) is 5.41 Å². The molecule has 1 N–H and O–H groups in total. The van der Waals surface area contributed by atoms with Gasteiger partial charge in [-0.1, -0.05) is 25.6 Å². The van der Waals surface area contributed by atoms with Crippen molar-refractivity contribution < 1.29 is 31.5 Å². The molecular formula is C40H46F5N7O2. The molecule has 2 spiro atoms. The third-order valence-electron chi connectivity index (χ3n) is 12.4. The molecular weight excluding hydrogens is 705 g/mol. The van der Waals surface area contributed by atoms with Crippen molar-refractivity contribution in [2.45, 2.75) is 76.4 Å². The number of hydrogen-bond acceptors (Lipinski definition) is 8. The number of amides is 1. The monoisotopic (exact) mass is 751 g/mol. The Hall–Kier alpha value is -4.33. The Balaban J connectivity index is 1.29. The van der Waals surface area contributed by atoms with Gasteiger partial charge in [0.1, 0.15) is 11.3 Å². The van der Waals surface area contributed by atoms with Crippen LogP contribution in [0.25, 0.3) is 22.0 Å². The van der Waals surface area contributed by atoms with E-state index in [0.29, 0.717) is 60.6 Å². The zero-order valence-corrected chi connectivity index (χ0v) is 31.0. The molecule has 5 aliphatic rings. The highest BCUT2D eigenvalue weighted by Crippen LogP contribution is 2.54. The largest absolute Gasteiger partial charge is 0.481 e. The maximum atomic E-state index is 14.7. The Morgan fingerprint density at radius 2 is 1.70 bits per heavy atom. The highest BCUT2D eigenvalue weighted by Gasteiger charge is 2.60. The first-order chi connectivity index (χ1) is 25.6. The molecule has 54 heavy (non-hydrogen) atoms. The quantitative estimate of drug-likeness (QED) is 0.140. The van der Waals surface area contributed by atoms with Crippen molar-refractivity contribution in [2.75, 3.05) is 68.8 Å². The molecule has 1 aromatic heterocycles. The van der Waals surface area contributed by atoms with Gasteiger partial charge in [0, 0.05) is 73.8 Å². The van der Waals surface area contributed by atoms with Crippen LogP contribution in [0.4, 0.5) is 33.7 Å². The van der Waals surface area contributed by atoms with E-state index in [-0.39, 0.29) is 60.5 Å². The van der Waals surface area contributed by atoms with Crippen LogP contribution in [0.2, 0.25) is 0 Å². The molecule has 2 aromatic carbocycles. The van der Waals surface area contributed by atoms with E-state index in [4.69, 9.17) is 20.1 Å². The number of carbonyl (C=O) groups excluding carboxylic acids is 1. The molecule has 0 bridgehead atoms. The molecule has 288 valence electrons. The lowest BCUT2D eigenvalue weighted by atomic mass is 9.72. The van der Waals surface area contributed by atoms with Crippen LogP contribution in [0.1, 0.15) is 67.2 Å². The average Bonchev–Trinajstić information content (AvgIpc) is 3.91. The highest BCUT2D eigenvalue weighted by atomic mass is 19.4. The van der Waals surface area contributed by atoms with Crippen LogP contribution >= 0.6 is 0 Å². The number of aryl methyl sites for hydroxylation is 2. The average molecular weight is 752 g/mol. The van der Waals surface area contributed by atoms with E-state index in [1.165, 1.54) is 12.3 Å². The summed E-state index contributed by atoms with van der Waals surface area (Å²) in [6.45, 7) is 10.9. The van der Waals surface area contributed by atoms with Gasteiger partial charge in [0.25, 0.3) is 5.92 Å². The van der Waals surface area contributed by atoms with E-state index < -0.39 is 24.2 Å². The lowest BCUT2D eigenvalue weighted by Crippen LogP contribution is -2.68. The number of halogens is 5. The zero-order valence-electron chi connectivity index (χ0n) is 31.0. The van der Waals surface area contributed by atoms with Gasteiger partial charge in [-0.15, -0.1) is 0 Å². The van der Waals surface area contributed by atoms with Gasteiger partial charge >= 0.3 is 6.18 Å². The van der Waals surface area contributed by atoms with Crippen LogP contribution in [0.5, 0.6) is 5.75 Å². The summed E-state index contributed by atoms with van der Waals surface area (Å²) < 4.78 is 77.6.